The highest BCUT2D eigenvalue weighted by molar-refractivity contribution is 6.07. The molecule has 5 nitrogen and oxygen atoms in total. The number of hydrogen-bond donors (Lipinski definition) is 1. The average molecular weight is 404 g/mol. The number of rotatable bonds is 5. The monoisotopic (exact) mass is 403 g/mol. The van der Waals surface area contributed by atoms with Crippen LogP contribution in [0.25, 0.3) is 10.9 Å². The van der Waals surface area contributed by atoms with Crippen molar-refractivity contribution in [3.05, 3.63) is 70.4 Å². The minimum Gasteiger partial charge on any atom is -0.496 e. The molecular formula is C25H29N3O2. The number of carbonyl (C=O) groups excluding carboxylic acids is 1. The molecule has 1 aliphatic heterocycles. The van der Waals surface area contributed by atoms with Gasteiger partial charge in [-0.3, -0.25) is 14.7 Å². The van der Waals surface area contributed by atoms with Crippen LogP contribution in [0.15, 0.2) is 42.5 Å². The first-order chi connectivity index (χ1) is 14.5. The lowest BCUT2D eigenvalue weighted by Gasteiger charge is -2.29. The number of nitrogens with zero attached hydrogens (tertiary/aromatic N) is 2. The number of benzene rings is 2. The van der Waals surface area contributed by atoms with Crippen LogP contribution in [0.3, 0.4) is 0 Å². The number of methoxy groups -OCH3 is 1. The number of carbonyl (C=O) groups is 1. The van der Waals surface area contributed by atoms with Gasteiger partial charge in [-0.1, -0.05) is 42.8 Å². The van der Waals surface area contributed by atoms with Crippen LogP contribution in [0.4, 0.5) is 0 Å². The summed E-state index contributed by atoms with van der Waals surface area (Å²) in [5.41, 5.74) is 5.86. The first-order valence-corrected chi connectivity index (χ1v) is 10.6. The summed E-state index contributed by atoms with van der Waals surface area (Å²) < 4.78 is 5.53. The van der Waals surface area contributed by atoms with Crippen LogP contribution in [0.5, 0.6) is 5.75 Å². The third kappa shape index (κ3) is 3.77. The van der Waals surface area contributed by atoms with Gasteiger partial charge in [0.1, 0.15) is 5.75 Å². The van der Waals surface area contributed by atoms with Crippen molar-refractivity contribution in [2.24, 2.45) is 0 Å². The number of aryl methyl sites for hydroxylation is 1. The Kier molecular flexibility index (Phi) is 5.73. The molecule has 1 amide bonds. The van der Waals surface area contributed by atoms with Crippen molar-refractivity contribution < 1.29 is 9.53 Å². The van der Waals surface area contributed by atoms with E-state index in [1.807, 2.05) is 50.2 Å². The average Bonchev–Trinajstić information content (AvgIpc) is 2.76. The standard InChI is InChI=1S/C25H29N3O2/c1-5-28-13-12-22-20(15-28)24(18-8-6-7-9-21(18)27-22)25(29)26-17(3)19-14-16(2)10-11-23(19)30-4/h6-11,14,17H,5,12-13,15H2,1-4H3,(H,26,29)/t17-/m0/s1. The molecule has 4 rings (SSSR count). The molecule has 156 valence electrons. The molecule has 0 aliphatic carbocycles. The van der Waals surface area contributed by atoms with Crippen molar-refractivity contribution in [1.29, 1.82) is 0 Å². The van der Waals surface area contributed by atoms with Crippen molar-refractivity contribution in [3.8, 4) is 5.75 Å². The Bertz CT molecular complexity index is 1090. The summed E-state index contributed by atoms with van der Waals surface area (Å²) >= 11 is 0. The Morgan fingerprint density at radius 3 is 2.83 bits per heavy atom. The predicted octanol–water partition coefficient (Wildman–Crippen LogP) is 4.42. The van der Waals surface area contributed by atoms with Gasteiger partial charge in [-0.15, -0.1) is 0 Å². The Balaban J connectivity index is 1.75. The SMILES string of the molecule is CCN1CCc2nc3ccccc3c(C(=O)N[C@@H](C)c3cc(C)ccc3OC)c2C1. The molecule has 0 spiro atoms. The Labute approximate surface area is 178 Å². The fourth-order valence-electron chi connectivity index (χ4n) is 4.31. The molecule has 0 unspecified atom stereocenters. The van der Waals surface area contributed by atoms with Crippen LogP contribution in [-0.4, -0.2) is 36.0 Å². The molecule has 0 fully saturated rings. The molecule has 2 heterocycles. The lowest BCUT2D eigenvalue weighted by Crippen LogP contribution is -2.34. The zero-order valence-corrected chi connectivity index (χ0v) is 18.2. The first kappa shape index (κ1) is 20.4. The molecule has 5 heteroatoms. The van der Waals surface area contributed by atoms with E-state index in [1.54, 1.807) is 7.11 Å². The number of nitrogens with one attached hydrogen (secondary N) is 1. The number of likely N-dealkylation sites (N-methyl/N-ethyl adjacent to an activating group) is 1. The fraction of sp³-hybridized carbons (Fsp3) is 0.360. The number of pyridine rings is 1. The molecule has 30 heavy (non-hydrogen) atoms. The number of ether oxygens (including phenoxy) is 1. The highest BCUT2D eigenvalue weighted by atomic mass is 16.5. The lowest BCUT2D eigenvalue weighted by atomic mass is 9.94. The topological polar surface area (TPSA) is 54.5 Å². The van der Waals surface area contributed by atoms with Gasteiger partial charge >= 0.3 is 0 Å². The number of amides is 1. The quantitative estimate of drug-likeness (QED) is 0.685. The number of aromatic nitrogens is 1. The summed E-state index contributed by atoms with van der Waals surface area (Å²) in [5.74, 6) is 0.728. The van der Waals surface area contributed by atoms with Crippen LogP contribution in [0.2, 0.25) is 0 Å². The van der Waals surface area contributed by atoms with Crippen LogP contribution in [0.1, 0.15) is 52.6 Å². The Morgan fingerprint density at radius 1 is 1.27 bits per heavy atom. The maximum atomic E-state index is 13.6. The molecule has 2 aromatic carbocycles. The molecule has 0 saturated heterocycles. The van der Waals surface area contributed by atoms with E-state index in [-0.39, 0.29) is 11.9 Å². The molecule has 1 aliphatic rings. The predicted molar refractivity (Wildman–Crippen MR) is 120 cm³/mol. The summed E-state index contributed by atoms with van der Waals surface area (Å²) in [7, 11) is 1.66. The summed E-state index contributed by atoms with van der Waals surface area (Å²) in [6.45, 7) is 8.91. The van der Waals surface area contributed by atoms with Gasteiger partial charge in [0.15, 0.2) is 0 Å². The van der Waals surface area contributed by atoms with Crippen molar-refractivity contribution in [2.75, 3.05) is 20.2 Å². The summed E-state index contributed by atoms with van der Waals surface area (Å²) in [4.78, 5) is 20.8. The maximum Gasteiger partial charge on any atom is 0.252 e. The van der Waals surface area contributed by atoms with Crippen LogP contribution in [-0.2, 0) is 13.0 Å². The van der Waals surface area contributed by atoms with Gasteiger partial charge in [-0.2, -0.15) is 0 Å². The van der Waals surface area contributed by atoms with E-state index >= 15 is 0 Å². The first-order valence-electron chi connectivity index (χ1n) is 10.6. The van der Waals surface area contributed by atoms with Crippen LogP contribution in [0, 0.1) is 6.92 Å². The number of para-hydroxylation sites is 1. The van der Waals surface area contributed by atoms with E-state index in [0.29, 0.717) is 0 Å². The third-order valence-electron chi connectivity index (χ3n) is 6.00. The second-order valence-electron chi connectivity index (χ2n) is 7.99. The van der Waals surface area contributed by atoms with Crippen molar-refractivity contribution in [1.82, 2.24) is 15.2 Å². The van der Waals surface area contributed by atoms with Gasteiger partial charge in [0, 0.05) is 41.7 Å². The molecule has 0 radical (unpaired) electrons. The second-order valence-corrected chi connectivity index (χ2v) is 7.99. The third-order valence-corrected chi connectivity index (χ3v) is 6.00. The minimum atomic E-state index is -0.180. The van der Waals surface area contributed by atoms with Gasteiger partial charge in [-0.05, 0) is 32.5 Å². The highest BCUT2D eigenvalue weighted by Crippen LogP contribution is 2.30. The summed E-state index contributed by atoms with van der Waals surface area (Å²) in [6.07, 6.45) is 0.871. The van der Waals surface area contributed by atoms with Gasteiger partial charge in [0.05, 0.1) is 24.2 Å². The molecule has 1 atom stereocenters. The van der Waals surface area contributed by atoms with Gasteiger partial charge in [-0.25, -0.2) is 0 Å². The van der Waals surface area contributed by atoms with Crippen LogP contribution < -0.4 is 10.1 Å². The zero-order chi connectivity index (χ0) is 21.3. The van der Waals surface area contributed by atoms with Crippen molar-refractivity contribution in [2.45, 2.75) is 39.8 Å². The number of hydrogen-bond acceptors (Lipinski definition) is 4. The van der Waals surface area contributed by atoms with Crippen molar-refractivity contribution in [3.63, 3.8) is 0 Å². The van der Waals surface area contributed by atoms with Crippen molar-refractivity contribution >= 4 is 16.8 Å². The van der Waals surface area contributed by atoms with E-state index in [0.717, 1.165) is 70.7 Å². The molecule has 1 N–H and O–H groups in total. The van der Waals surface area contributed by atoms with E-state index in [1.165, 1.54) is 0 Å². The smallest absolute Gasteiger partial charge is 0.252 e. The second kappa shape index (κ2) is 8.44. The minimum absolute atomic E-state index is 0.0566. The largest absolute Gasteiger partial charge is 0.496 e. The summed E-state index contributed by atoms with van der Waals surface area (Å²) in [5, 5.41) is 4.14. The van der Waals surface area contributed by atoms with Gasteiger partial charge in [0.25, 0.3) is 5.91 Å². The molecule has 0 bridgehead atoms. The molecular weight excluding hydrogens is 374 g/mol. The highest BCUT2D eigenvalue weighted by Gasteiger charge is 2.26. The summed E-state index contributed by atoms with van der Waals surface area (Å²) in [6, 6.07) is 13.8. The zero-order valence-electron chi connectivity index (χ0n) is 18.2. The molecule has 1 aromatic heterocycles. The van der Waals surface area contributed by atoms with E-state index in [9.17, 15) is 4.79 Å². The Hall–Kier alpha value is -2.92. The van der Waals surface area contributed by atoms with Gasteiger partial charge < -0.3 is 10.1 Å². The maximum absolute atomic E-state index is 13.6. The normalized spacial score (nSPS) is 14.9. The van der Waals surface area contributed by atoms with E-state index < -0.39 is 0 Å². The van der Waals surface area contributed by atoms with E-state index in [2.05, 4.69) is 23.2 Å². The fourth-order valence-corrected chi connectivity index (χ4v) is 4.31. The molecule has 0 saturated carbocycles. The van der Waals surface area contributed by atoms with E-state index in [4.69, 9.17) is 9.72 Å². The Morgan fingerprint density at radius 2 is 2.07 bits per heavy atom. The molecule has 3 aromatic rings. The lowest BCUT2D eigenvalue weighted by molar-refractivity contribution is 0.0938. The van der Waals surface area contributed by atoms with Gasteiger partial charge in [0.2, 0.25) is 0 Å². The van der Waals surface area contributed by atoms with Crippen LogP contribution >= 0.6 is 0 Å². The number of fused-ring (bicyclic) bond motifs is 2.